The van der Waals surface area contributed by atoms with E-state index in [2.05, 4.69) is 39.8 Å². The van der Waals surface area contributed by atoms with Gasteiger partial charge >= 0.3 is 0 Å². The van der Waals surface area contributed by atoms with Gasteiger partial charge in [-0.3, -0.25) is 4.79 Å². The highest BCUT2D eigenvalue weighted by Gasteiger charge is 2.25. The minimum absolute atomic E-state index is 0.00299. The van der Waals surface area contributed by atoms with Crippen LogP contribution < -0.4 is 0 Å². The monoisotopic (exact) mass is 415 g/mol. The normalized spacial score (nSPS) is 16.3. The second-order valence-electron chi connectivity index (χ2n) is 8.28. The lowest BCUT2D eigenvalue weighted by Gasteiger charge is -2.26. The number of hydrogen-bond donors (Lipinski definition) is 0. The van der Waals surface area contributed by atoms with Gasteiger partial charge in [-0.1, -0.05) is 30.3 Å². The van der Waals surface area contributed by atoms with Gasteiger partial charge in [-0.05, 0) is 66.4 Å². The van der Waals surface area contributed by atoms with Crippen molar-refractivity contribution in [2.45, 2.75) is 39.3 Å². The highest BCUT2D eigenvalue weighted by atomic mass is 16.5. The number of tetrazole rings is 1. The van der Waals surface area contributed by atoms with Crippen LogP contribution in [0.25, 0.3) is 16.6 Å². The van der Waals surface area contributed by atoms with Crippen LogP contribution in [0.2, 0.25) is 0 Å². The van der Waals surface area contributed by atoms with E-state index < -0.39 is 0 Å². The quantitative estimate of drug-likeness (QED) is 0.497. The third-order valence-electron chi connectivity index (χ3n) is 5.97. The molecule has 3 heterocycles. The number of rotatable bonds is 5. The van der Waals surface area contributed by atoms with E-state index in [1.807, 2.05) is 43.0 Å². The summed E-state index contributed by atoms with van der Waals surface area (Å²) in [6.07, 6.45) is 2.06. The van der Waals surface area contributed by atoms with Gasteiger partial charge in [-0.25, -0.2) is 0 Å². The summed E-state index contributed by atoms with van der Waals surface area (Å²) in [5.41, 5.74) is 5.38. The van der Waals surface area contributed by atoms with Gasteiger partial charge < -0.3 is 9.64 Å². The van der Waals surface area contributed by atoms with E-state index >= 15 is 0 Å². The molecule has 31 heavy (non-hydrogen) atoms. The van der Waals surface area contributed by atoms with Crippen molar-refractivity contribution >= 4 is 22.5 Å². The van der Waals surface area contributed by atoms with Gasteiger partial charge in [0.25, 0.3) is 5.91 Å². The van der Waals surface area contributed by atoms with Gasteiger partial charge in [-0.2, -0.15) is 4.52 Å². The number of benzene rings is 2. The Morgan fingerprint density at radius 1 is 1.19 bits per heavy atom. The molecule has 0 N–H and O–H groups in total. The molecule has 1 amide bonds. The molecule has 0 spiro atoms. The molecule has 1 atom stereocenters. The number of amides is 1. The van der Waals surface area contributed by atoms with Gasteiger partial charge in [0, 0.05) is 36.2 Å². The largest absolute Gasteiger partial charge is 0.376 e. The standard InChI is InChI=1S/C24H25N5O2/c1-16-9-10-18-13-19(23-25-26-27-29(23)22(18)12-16)14-28(15-20-7-5-11-31-20)24(30)21-8-4-3-6-17(21)2/h3-4,6,8-10,12-13,20H,5,7,11,14-15H2,1-2H3. The van der Waals surface area contributed by atoms with E-state index in [0.29, 0.717) is 24.3 Å². The first-order valence-electron chi connectivity index (χ1n) is 10.7. The summed E-state index contributed by atoms with van der Waals surface area (Å²) in [7, 11) is 0. The molecule has 4 aromatic rings. The maximum Gasteiger partial charge on any atom is 0.254 e. The highest BCUT2D eigenvalue weighted by Crippen LogP contribution is 2.24. The molecule has 2 aromatic carbocycles. The maximum absolute atomic E-state index is 13.6. The molecule has 7 heteroatoms. The molecule has 0 aliphatic carbocycles. The summed E-state index contributed by atoms with van der Waals surface area (Å²) < 4.78 is 7.62. The summed E-state index contributed by atoms with van der Waals surface area (Å²) in [6, 6.07) is 16.0. The summed E-state index contributed by atoms with van der Waals surface area (Å²) in [6.45, 7) is 5.74. The third-order valence-corrected chi connectivity index (χ3v) is 5.97. The zero-order valence-electron chi connectivity index (χ0n) is 17.8. The molecule has 1 aliphatic rings. The summed E-state index contributed by atoms with van der Waals surface area (Å²) >= 11 is 0. The molecule has 1 fully saturated rings. The lowest BCUT2D eigenvalue weighted by molar-refractivity contribution is 0.0507. The highest BCUT2D eigenvalue weighted by molar-refractivity contribution is 5.96. The average molecular weight is 415 g/mol. The number of aromatic nitrogens is 4. The van der Waals surface area contributed by atoms with Crippen molar-refractivity contribution in [1.29, 1.82) is 0 Å². The van der Waals surface area contributed by atoms with Crippen molar-refractivity contribution in [1.82, 2.24) is 24.9 Å². The zero-order chi connectivity index (χ0) is 21.4. The predicted octanol–water partition coefficient (Wildman–Crippen LogP) is 3.72. The first kappa shape index (κ1) is 19.6. The Balaban J connectivity index is 1.56. The molecule has 7 nitrogen and oxygen atoms in total. The van der Waals surface area contributed by atoms with Crippen molar-refractivity contribution in [2.24, 2.45) is 0 Å². The van der Waals surface area contributed by atoms with E-state index in [1.54, 1.807) is 4.52 Å². The van der Waals surface area contributed by atoms with E-state index in [0.717, 1.165) is 47.0 Å². The van der Waals surface area contributed by atoms with Crippen LogP contribution >= 0.6 is 0 Å². The second kappa shape index (κ2) is 8.07. The average Bonchev–Trinajstić information content (AvgIpc) is 3.46. The Morgan fingerprint density at radius 3 is 2.87 bits per heavy atom. The molecule has 2 aromatic heterocycles. The lowest BCUT2D eigenvalue weighted by atomic mass is 10.1. The van der Waals surface area contributed by atoms with Crippen LogP contribution in [0.4, 0.5) is 0 Å². The molecular formula is C24H25N5O2. The topological polar surface area (TPSA) is 72.6 Å². The van der Waals surface area contributed by atoms with Crippen molar-refractivity contribution in [2.75, 3.05) is 13.2 Å². The Labute approximate surface area is 180 Å². The van der Waals surface area contributed by atoms with Gasteiger partial charge in [0.15, 0.2) is 5.65 Å². The summed E-state index contributed by atoms with van der Waals surface area (Å²) in [4.78, 5) is 15.4. The number of hydrogen-bond acceptors (Lipinski definition) is 5. The van der Waals surface area contributed by atoms with Crippen molar-refractivity contribution in [3.8, 4) is 0 Å². The molecule has 5 rings (SSSR count). The van der Waals surface area contributed by atoms with Crippen molar-refractivity contribution in [3.63, 3.8) is 0 Å². The molecule has 0 saturated carbocycles. The molecule has 1 saturated heterocycles. The Bertz CT molecular complexity index is 1260. The number of carbonyl (C=O) groups is 1. The maximum atomic E-state index is 13.6. The molecule has 158 valence electrons. The van der Waals surface area contributed by atoms with E-state index in [1.165, 1.54) is 0 Å². The number of ether oxygens (including phenoxy) is 1. The van der Waals surface area contributed by atoms with Crippen LogP contribution in [0, 0.1) is 13.8 Å². The van der Waals surface area contributed by atoms with E-state index in [-0.39, 0.29) is 12.0 Å². The number of fused-ring (bicyclic) bond motifs is 3. The number of nitrogens with zero attached hydrogens (tertiary/aromatic N) is 5. The molecule has 0 bridgehead atoms. The van der Waals surface area contributed by atoms with Crippen molar-refractivity contribution in [3.05, 3.63) is 70.8 Å². The molecule has 0 radical (unpaired) electrons. The fourth-order valence-electron chi connectivity index (χ4n) is 4.32. The Kier molecular flexibility index (Phi) is 5.11. The molecule has 1 aliphatic heterocycles. The second-order valence-corrected chi connectivity index (χ2v) is 8.28. The van der Waals surface area contributed by atoms with Crippen molar-refractivity contribution < 1.29 is 9.53 Å². The first-order chi connectivity index (χ1) is 15.1. The van der Waals surface area contributed by atoms with Gasteiger partial charge in [-0.15, -0.1) is 5.10 Å². The number of carbonyl (C=O) groups excluding carboxylic acids is 1. The Hall–Kier alpha value is -3.32. The van der Waals surface area contributed by atoms with Crippen LogP contribution in [0.3, 0.4) is 0 Å². The van der Waals surface area contributed by atoms with E-state index in [4.69, 9.17) is 4.74 Å². The van der Waals surface area contributed by atoms with E-state index in [9.17, 15) is 4.79 Å². The zero-order valence-corrected chi connectivity index (χ0v) is 17.8. The summed E-state index contributed by atoms with van der Waals surface area (Å²) in [5, 5.41) is 13.4. The van der Waals surface area contributed by atoms with Gasteiger partial charge in [0.1, 0.15) is 0 Å². The summed E-state index contributed by atoms with van der Waals surface area (Å²) in [5.74, 6) is 0.00299. The van der Waals surface area contributed by atoms with Crippen LogP contribution in [0.1, 0.15) is 39.9 Å². The fraction of sp³-hybridized carbons (Fsp3) is 0.333. The smallest absolute Gasteiger partial charge is 0.254 e. The minimum atomic E-state index is 0.00299. The van der Waals surface area contributed by atoms with Crippen LogP contribution in [-0.4, -0.2) is 50.1 Å². The Morgan fingerprint density at radius 2 is 2.06 bits per heavy atom. The molecule has 1 unspecified atom stereocenters. The van der Waals surface area contributed by atoms with Gasteiger partial charge in [0.2, 0.25) is 0 Å². The predicted molar refractivity (Wildman–Crippen MR) is 118 cm³/mol. The van der Waals surface area contributed by atoms with Crippen LogP contribution in [0.5, 0.6) is 0 Å². The van der Waals surface area contributed by atoms with Crippen LogP contribution in [0.15, 0.2) is 48.5 Å². The first-order valence-corrected chi connectivity index (χ1v) is 10.7. The lowest BCUT2D eigenvalue weighted by Crippen LogP contribution is -2.37. The minimum Gasteiger partial charge on any atom is -0.376 e. The fourth-order valence-corrected chi connectivity index (χ4v) is 4.32. The third kappa shape index (κ3) is 3.77. The van der Waals surface area contributed by atoms with Crippen LogP contribution in [-0.2, 0) is 11.3 Å². The van der Waals surface area contributed by atoms with Gasteiger partial charge in [0.05, 0.1) is 11.6 Å². The molecular weight excluding hydrogens is 390 g/mol. The number of aryl methyl sites for hydroxylation is 2. The number of pyridine rings is 1. The SMILES string of the molecule is Cc1ccc2cc(CN(CC3CCCO3)C(=O)c3ccccc3C)c3nnnn3c2c1.